The minimum Gasteiger partial charge on any atom is -0.349 e. The Balaban J connectivity index is 1.10. The zero-order valence-electron chi connectivity index (χ0n) is 17.1. The van der Waals surface area contributed by atoms with Gasteiger partial charge in [0.25, 0.3) is 5.91 Å². The zero-order chi connectivity index (χ0) is 19.6. The molecule has 0 atom stereocenters. The number of thiophene rings is 1. The zero-order valence-corrected chi connectivity index (χ0v) is 17.9. The summed E-state index contributed by atoms with van der Waals surface area (Å²) >= 11 is 1.72. The van der Waals surface area contributed by atoms with Gasteiger partial charge in [0.1, 0.15) is 0 Å². The smallest absolute Gasteiger partial charge is 0.261 e. The second kappa shape index (κ2) is 8.58. The largest absolute Gasteiger partial charge is 0.349 e. The van der Waals surface area contributed by atoms with Crippen molar-refractivity contribution in [1.29, 1.82) is 0 Å². The van der Waals surface area contributed by atoms with Crippen LogP contribution in [0.4, 0.5) is 0 Å². The van der Waals surface area contributed by atoms with Gasteiger partial charge >= 0.3 is 0 Å². The van der Waals surface area contributed by atoms with Gasteiger partial charge in [0.05, 0.1) is 4.88 Å². The van der Waals surface area contributed by atoms with Crippen LogP contribution in [-0.2, 0) is 19.6 Å². The number of rotatable bonds is 5. The number of nitrogens with one attached hydrogen (secondary N) is 1. The van der Waals surface area contributed by atoms with Crippen molar-refractivity contribution in [2.45, 2.75) is 70.2 Å². The number of nitrogens with zero attached hydrogens (tertiary/aromatic N) is 2. The Morgan fingerprint density at radius 3 is 2.52 bits per heavy atom. The maximum Gasteiger partial charge on any atom is 0.261 e. The summed E-state index contributed by atoms with van der Waals surface area (Å²) in [6.45, 7) is 5.21. The summed E-state index contributed by atoms with van der Waals surface area (Å²) in [7, 11) is 0. The Kier molecular flexibility index (Phi) is 5.71. The lowest BCUT2D eigenvalue weighted by Gasteiger charge is -2.32. The molecule has 0 bridgehead atoms. The Morgan fingerprint density at radius 2 is 1.79 bits per heavy atom. The van der Waals surface area contributed by atoms with Gasteiger partial charge in [-0.1, -0.05) is 43.2 Å². The van der Waals surface area contributed by atoms with E-state index < -0.39 is 0 Å². The van der Waals surface area contributed by atoms with Gasteiger partial charge in [0, 0.05) is 49.7 Å². The van der Waals surface area contributed by atoms with Crippen LogP contribution in [0.15, 0.2) is 36.4 Å². The molecule has 0 radical (unpaired) electrons. The van der Waals surface area contributed by atoms with Crippen molar-refractivity contribution in [3.63, 3.8) is 0 Å². The van der Waals surface area contributed by atoms with E-state index in [0.29, 0.717) is 6.04 Å². The SMILES string of the molecule is O=C(NC1CCN(Cc2ccccc2)CC1)c1cc2c(s1)CN(C1CCCC1)C2. The molecular formula is C24H31N3OS. The Hall–Kier alpha value is -1.69. The Morgan fingerprint density at radius 1 is 1.03 bits per heavy atom. The molecule has 5 heteroatoms. The van der Waals surface area contributed by atoms with E-state index in [1.54, 1.807) is 11.3 Å². The first-order valence-corrected chi connectivity index (χ1v) is 12.0. The second-order valence-corrected chi connectivity index (χ2v) is 10.0. The van der Waals surface area contributed by atoms with Gasteiger partial charge in [0.2, 0.25) is 0 Å². The van der Waals surface area contributed by atoms with Gasteiger partial charge in [-0.15, -0.1) is 11.3 Å². The van der Waals surface area contributed by atoms with E-state index in [-0.39, 0.29) is 5.91 Å². The lowest BCUT2D eigenvalue weighted by molar-refractivity contribution is 0.0913. The highest BCUT2D eigenvalue weighted by atomic mass is 32.1. The van der Waals surface area contributed by atoms with E-state index in [2.05, 4.69) is 51.5 Å². The molecule has 0 unspecified atom stereocenters. The summed E-state index contributed by atoms with van der Waals surface area (Å²) in [5.74, 6) is 0.137. The van der Waals surface area contributed by atoms with Crippen molar-refractivity contribution >= 4 is 17.2 Å². The van der Waals surface area contributed by atoms with Gasteiger partial charge < -0.3 is 5.32 Å². The molecule has 1 N–H and O–H groups in total. The van der Waals surface area contributed by atoms with Crippen LogP contribution < -0.4 is 5.32 Å². The van der Waals surface area contributed by atoms with Crippen molar-refractivity contribution < 1.29 is 4.79 Å². The predicted octanol–water partition coefficient (Wildman–Crippen LogP) is 4.40. The van der Waals surface area contributed by atoms with E-state index in [1.165, 1.54) is 41.7 Å². The molecule has 1 amide bonds. The van der Waals surface area contributed by atoms with Crippen LogP contribution in [0.25, 0.3) is 0 Å². The highest BCUT2D eigenvalue weighted by Gasteiger charge is 2.31. The summed E-state index contributed by atoms with van der Waals surface area (Å²) in [5, 5.41) is 3.31. The summed E-state index contributed by atoms with van der Waals surface area (Å²) in [5.41, 5.74) is 2.76. The van der Waals surface area contributed by atoms with Crippen molar-refractivity contribution in [1.82, 2.24) is 15.1 Å². The summed E-state index contributed by atoms with van der Waals surface area (Å²) in [4.78, 5) is 20.2. The van der Waals surface area contributed by atoms with Crippen LogP contribution in [0.1, 0.15) is 64.2 Å². The molecule has 4 nitrogen and oxygen atoms in total. The molecule has 2 aromatic rings. The van der Waals surface area contributed by atoms with Crippen LogP contribution >= 0.6 is 11.3 Å². The third-order valence-corrected chi connectivity index (χ3v) is 8.01. The van der Waals surface area contributed by atoms with Crippen molar-refractivity contribution in [3.05, 3.63) is 57.3 Å². The Bertz CT molecular complexity index is 812. The molecule has 1 aliphatic carbocycles. The van der Waals surface area contributed by atoms with E-state index >= 15 is 0 Å². The number of piperidine rings is 1. The topological polar surface area (TPSA) is 35.6 Å². The first-order chi connectivity index (χ1) is 14.2. The van der Waals surface area contributed by atoms with E-state index in [4.69, 9.17) is 0 Å². The monoisotopic (exact) mass is 409 g/mol. The van der Waals surface area contributed by atoms with Crippen LogP contribution in [0, 0.1) is 0 Å². The first kappa shape index (κ1) is 19.3. The molecule has 3 heterocycles. The average Bonchev–Trinajstić information content (AvgIpc) is 3.46. The number of fused-ring (bicyclic) bond motifs is 1. The summed E-state index contributed by atoms with van der Waals surface area (Å²) in [6.07, 6.45) is 7.55. The minimum atomic E-state index is 0.137. The number of carbonyl (C=O) groups excluding carboxylic acids is 1. The van der Waals surface area contributed by atoms with Crippen molar-refractivity contribution in [2.24, 2.45) is 0 Å². The highest BCUT2D eigenvalue weighted by Crippen LogP contribution is 2.36. The molecule has 3 aliphatic rings. The molecule has 154 valence electrons. The second-order valence-electron chi connectivity index (χ2n) is 8.91. The number of benzene rings is 1. The normalized spacial score (nSPS) is 21.5. The lowest BCUT2D eigenvalue weighted by Crippen LogP contribution is -2.44. The standard InChI is InChI=1S/C24H31N3OS/c28-24(22-14-19-16-27(17-23(19)29-22)21-8-4-5-9-21)25-20-10-12-26(13-11-20)15-18-6-2-1-3-7-18/h1-3,6-7,14,20-21H,4-5,8-13,15-17H2,(H,25,28). The minimum absolute atomic E-state index is 0.137. The van der Waals surface area contributed by atoms with Gasteiger partial charge in [-0.05, 0) is 42.9 Å². The molecule has 1 saturated heterocycles. The summed E-state index contributed by atoms with van der Waals surface area (Å²) in [6, 6.07) is 13.9. The number of carbonyl (C=O) groups is 1. The fourth-order valence-electron chi connectivity index (χ4n) is 5.17. The molecular weight excluding hydrogens is 378 g/mol. The van der Waals surface area contributed by atoms with Crippen molar-refractivity contribution in [2.75, 3.05) is 13.1 Å². The van der Waals surface area contributed by atoms with E-state index in [0.717, 1.165) is 56.5 Å². The number of amides is 1. The molecule has 1 aromatic heterocycles. The predicted molar refractivity (Wildman–Crippen MR) is 118 cm³/mol. The molecule has 29 heavy (non-hydrogen) atoms. The van der Waals surface area contributed by atoms with Crippen LogP contribution in [0.2, 0.25) is 0 Å². The fraction of sp³-hybridized carbons (Fsp3) is 0.542. The van der Waals surface area contributed by atoms with E-state index in [9.17, 15) is 4.79 Å². The lowest BCUT2D eigenvalue weighted by atomic mass is 10.0. The van der Waals surface area contributed by atoms with Crippen molar-refractivity contribution in [3.8, 4) is 0 Å². The van der Waals surface area contributed by atoms with Gasteiger partial charge in [-0.25, -0.2) is 0 Å². The third kappa shape index (κ3) is 4.42. The quantitative estimate of drug-likeness (QED) is 0.795. The maximum absolute atomic E-state index is 12.8. The first-order valence-electron chi connectivity index (χ1n) is 11.2. The molecule has 2 fully saturated rings. The molecule has 1 saturated carbocycles. The van der Waals surface area contributed by atoms with Crippen LogP contribution in [0.3, 0.4) is 0 Å². The molecule has 1 aromatic carbocycles. The van der Waals surface area contributed by atoms with Gasteiger partial charge in [-0.3, -0.25) is 14.6 Å². The Labute approximate surface area is 177 Å². The molecule has 5 rings (SSSR count). The average molecular weight is 410 g/mol. The molecule has 2 aliphatic heterocycles. The third-order valence-electron chi connectivity index (χ3n) is 6.85. The van der Waals surface area contributed by atoms with E-state index in [1.807, 2.05) is 0 Å². The van der Waals surface area contributed by atoms with Crippen LogP contribution in [-0.4, -0.2) is 40.9 Å². The number of likely N-dealkylation sites (tertiary alicyclic amines) is 1. The highest BCUT2D eigenvalue weighted by molar-refractivity contribution is 7.14. The number of hydrogen-bond donors (Lipinski definition) is 1. The summed E-state index contributed by atoms with van der Waals surface area (Å²) < 4.78 is 0. The number of hydrogen-bond acceptors (Lipinski definition) is 4. The molecule has 0 spiro atoms. The van der Waals surface area contributed by atoms with Crippen LogP contribution in [0.5, 0.6) is 0 Å². The maximum atomic E-state index is 12.8. The van der Waals surface area contributed by atoms with Gasteiger partial charge in [0.15, 0.2) is 0 Å². The van der Waals surface area contributed by atoms with Gasteiger partial charge in [-0.2, -0.15) is 0 Å². The fourth-order valence-corrected chi connectivity index (χ4v) is 6.27.